The third kappa shape index (κ3) is 41.9. The van der Waals surface area contributed by atoms with Gasteiger partial charge in [0.15, 0.2) is 0 Å². The van der Waals surface area contributed by atoms with Crippen LogP contribution in [0.1, 0.15) is 1.43 Å². The van der Waals surface area contributed by atoms with Crippen LogP contribution in [0.3, 0.4) is 0 Å². The molecule has 0 unspecified atom stereocenters. The predicted octanol–water partition coefficient (Wildman–Crippen LogP) is -3.02. The summed E-state index contributed by atoms with van der Waals surface area (Å²) >= 11 is 0. The Morgan fingerprint density at radius 1 is 1.80 bits per heavy atom. The summed E-state index contributed by atoms with van der Waals surface area (Å²) in [5, 5.41) is 6.89. The monoisotopic (exact) mass is 103 g/mol. The fraction of sp³-hybridized carbons (Fsp3) is 0. The summed E-state index contributed by atoms with van der Waals surface area (Å²) in [5.74, 6) is 0. The first-order valence-electron chi connectivity index (χ1n) is 0.494. The first-order valence-corrected chi connectivity index (χ1v) is 0.494. The van der Waals surface area contributed by atoms with Crippen molar-refractivity contribution in [2.24, 2.45) is 0 Å². The van der Waals surface area contributed by atoms with Gasteiger partial charge in [0.1, 0.15) is 0 Å². The Labute approximate surface area is 74.2 Å². The van der Waals surface area contributed by atoms with Crippen LogP contribution in [0.5, 0.6) is 0 Å². The smallest absolute Gasteiger partial charge is 1.00 e. The van der Waals surface area contributed by atoms with Crippen molar-refractivity contribution in [3.05, 3.63) is 0 Å². The maximum absolute atomic E-state index is 8.36. The van der Waals surface area contributed by atoms with E-state index in [9.17, 15) is 0 Å². The van der Waals surface area contributed by atoms with Gasteiger partial charge < -0.3 is 12.7 Å². The number of hydrogen-bond donors (Lipinski definition) is 2. The number of carbonyl (C=O) groups is 1. The molecule has 0 aromatic carbocycles. The van der Waals surface area contributed by atoms with E-state index in [1.165, 1.54) is 0 Å². The molecule has 0 heterocycles. The van der Waals surface area contributed by atoms with Crippen LogP contribution in [-0.2, 0) is 4.79 Å². The average Bonchev–Trinajstić information content (AvgIpc) is 0.918. The van der Waals surface area contributed by atoms with Crippen molar-refractivity contribution in [2.75, 3.05) is 0 Å². The normalized spacial score (nSPS) is 2.40. The average molecular weight is 103 g/mol. The summed E-state index contributed by atoms with van der Waals surface area (Å²) < 4.78 is 0. The van der Waals surface area contributed by atoms with Crippen LogP contribution in [0.15, 0.2) is 0 Å². The van der Waals surface area contributed by atoms with Gasteiger partial charge >= 0.3 is 51.4 Å². The van der Waals surface area contributed by atoms with Crippen molar-refractivity contribution >= 4 is 6.47 Å². The molecular weight excluding hydrogens is 97.1 g/mol. The van der Waals surface area contributed by atoms with Crippen LogP contribution in [0.25, 0.3) is 0 Å². The second-order valence-electron chi connectivity index (χ2n) is 0.105. The molecule has 0 aliphatic carbocycles. The van der Waals surface area contributed by atoms with E-state index in [1.54, 1.807) is 0 Å². The van der Waals surface area contributed by atoms with Gasteiger partial charge in [-0.05, 0) is 0 Å². The molecule has 0 fully saturated rings. The second-order valence-corrected chi connectivity index (χ2v) is 0.105. The van der Waals surface area contributed by atoms with E-state index >= 15 is 0 Å². The summed E-state index contributed by atoms with van der Waals surface area (Å²) in [5.41, 5.74) is 0. The minimum atomic E-state index is -0.250. The largest absolute Gasteiger partial charge is 1.00 e. The quantitative estimate of drug-likeness (QED) is 0.253. The van der Waals surface area contributed by atoms with Gasteiger partial charge in [0, 0.05) is 0 Å². The molecule has 3 nitrogen and oxygen atoms in total. The molecule has 28 valence electrons. The van der Waals surface area contributed by atoms with Crippen molar-refractivity contribution in [3.63, 3.8) is 0 Å². The molecule has 0 amide bonds. The van der Waals surface area contributed by atoms with Gasteiger partial charge in [0.2, 0.25) is 0 Å². The Morgan fingerprint density at radius 3 is 1.80 bits per heavy atom. The first kappa shape index (κ1) is 16.6. The van der Waals surface area contributed by atoms with Gasteiger partial charge in [0.05, 0.1) is 0 Å². The third-order valence-corrected chi connectivity index (χ3v) is 0. The molecule has 0 bridgehead atoms. The molecular formula is CH6KNO2. The number of hydrogen-bond acceptors (Lipinski definition) is 2. The van der Waals surface area contributed by atoms with Crippen LogP contribution < -0.4 is 57.5 Å². The van der Waals surface area contributed by atoms with Crippen LogP contribution >= 0.6 is 0 Å². The molecule has 0 saturated carbocycles. The summed E-state index contributed by atoms with van der Waals surface area (Å²) in [4.78, 5) is 8.36. The number of rotatable bonds is 0. The summed E-state index contributed by atoms with van der Waals surface area (Å²) in [6.45, 7) is -0.250. The molecule has 0 rings (SSSR count). The van der Waals surface area contributed by atoms with Gasteiger partial charge in [-0.15, -0.1) is 0 Å². The Bertz CT molecular complexity index is 21.0. The SMILES string of the molecule is N.O=CO.[H-].[K+]. The van der Waals surface area contributed by atoms with E-state index in [-0.39, 0.29) is 65.4 Å². The first-order chi connectivity index (χ1) is 1.41. The van der Waals surface area contributed by atoms with Crippen LogP contribution in [0, 0.1) is 0 Å². The van der Waals surface area contributed by atoms with Gasteiger partial charge in [-0.25, -0.2) is 0 Å². The maximum atomic E-state index is 8.36. The van der Waals surface area contributed by atoms with Crippen LogP contribution in [-0.4, -0.2) is 11.6 Å². The van der Waals surface area contributed by atoms with Crippen molar-refractivity contribution in [1.82, 2.24) is 6.15 Å². The van der Waals surface area contributed by atoms with Crippen LogP contribution in [0.2, 0.25) is 0 Å². The molecule has 0 radical (unpaired) electrons. The molecule has 0 spiro atoms. The van der Waals surface area contributed by atoms with E-state index in [0.717, 1.165) is 0 Å². The van der Waals surface area contributed by atoms with Crippen molar-refractivity contribution in [1.29, 1.82) is 0 Å². The zero-order chi connectivity index (χ0) is 2.71. The van der Waals surface area contributed by atoms with E-state index in [2.05, 4.69) is 0 Å². The van der Waals surface area contributed by atoms with Gasteiger partial charge in [0.25, 0.3) is 6.47 Å². The van der Waals surface area contributed by atoms with Crippen molar-refractivity contribution in [3.8, 4) is 0 Å². The van der Waals surface area contributed by atoms with Crippen molar-refractivity contribution < 1.29 is 62.7 Å². The molecule has 0 aliphatic heterocycles. The van der Waals surface area contributed by atoms with E-state index in [0.29, 0.717) is 0 Å². The van der Waals surface area contributed by atoms with E-state index in [1.807, 2.05) is 0 Å². The molecule has 4 heteroatoms. The summed E-state index contributed by atoms with van der Waals surface area (Å²) in [6, 6.07) is 0. The fourth-order valence-corrected chi connectivity index (χ4v) is 0. The second kappa shape index (κ2) is 19.6. The fourth-order valence-electron chi connectivity index (χ4n) is 0. The Hall–Kier alpha value is 1.07. The standard InChI is InChI=1S/CH2O2.K.H3N.H/c2-1-3;;;/h1H,(H,2,3);;1H3;/q;+1;;-1. The molecule has 0 aliphatic rings. The van der Waals surface area contributed by atoms with E-state index < -0.39 is 0 Å². The topological polar surface area (TPSA) is 72.3 Å². The van der Waals surface area contributed by atoms with Crippen molar-refractivity contribution in [2.45, 2.75) is 0 Å². The minimum absolute atomic E-state index is 0. The molecule has 0 saturated heterocycles. The Balaban J connectivity index is -0.00000000667. The zero-order valence-corrected chi connectivity index (χ0v) is 6.26. The van der Waals surface area contributed by atoms with Gasteiger partial charge in [-0.3, -0.25) is 4.79 Å². The molecule has 0 aromatic rings. The van der Waals surface area contributed by atoms with Gasteiger partial charge in [-0.1, -0.05) is 0 Å². The minimum Gasteiger partial charge on any atom is -1.00 e. The van der Waals surface area contributed by atoms with Crippen LogP contribution in [0.4, 0.5) is 0 Å². The maximum Gasteiger partial charge on any atom is 1.00 e. The molecule has 0 aromatic heterocycles. The molecule has 4 N–H and O–H groups in total. The summed E-state index contributed by atoms with van der Waals surface area (Å²) in [6.07, 6.45) is 0. The predicted molar refractivity (Wildman–Crippen MR) is 14.8 cm³/mol. The Kier molecular flexibility index (Phi) is 65.0. The van der Waals surface area contributed by atoms with Gasteiger partial charge in [-0.2, -0.15) is 0 Å². The zero-order valence-electron chi connectivity index (χ0n) is 4.14. The van der Waals surface area contributed by atoms with E-state index in [4.69, 9.17) is 9.90 Å². The summed E-state index contributed by atoms with van der Waals surface area (Å²) in [7, 11) is 0. The molecule has 0 atom stereocenters. The third-order valence-electron chi connectivity index (χ3n) is 0. The number of carboxylic acid groups (broad SMARTS) is 1. The molecule has 5 heavy (non-hydrogen) atoms. The Morgan fingerprint density at radius 2 is 1.80 bits per heavy atom.